The number of hydrogen-bond acceptors (Lipinski definition) is 4. The van der Waals surface area contributed by atoms with Crippen LogP contribution in [0.4, 0.5) is 0 Å². The van der Waals surface area contributed by atoms with Crippen LogP contribution in [0.25, 0.3) is 0 Å². The molecule has 1 amide bonds. The molecular formula is C16H25ClN2O3S. The van der Waals surface area contributed by atoms with Gasteiger partial charge in [-0.25, -0.2) is 8.42 Å². The van der Waals surface area contributed by atoms with Crippen molar-refractivity contribution in [1.82, 2.24) is 10.2 Å². The predicted molar refractivity (Wildman–Crippen MR) is 93.9 cm³/mol. The van der Waals surface area contributed by atoms with Crippen LogP contribution in [0.1, 0.15) is 38.1 Å². The Balaban J connectivity index is 2.79. The Morgan fingerprint density at radius 2 is 1.78 bits per heavy atom. The van der Waals surface area contributed by atoms with Gasteiger partial charge in [-0.3, -0.25) is 9.69 Å². The van der Waals surface area contributed by atoms with Gasteiger partial charge in [-0.1, -0.05) is 11.6 Å². The van der Waals surface area contributed by atoms with Crippen molar-refractivity contribution in [1.29, 1.82) is 0 Å². The third-order valence-corrected chi connectivity index (χ3v) is 5.03. The summed E-state index contributed by atoms with van der Waals surface area (Å²) < 4.78 is 23.2. The number of carbonyl (C=O) groups is 1. The number of nitrogens with zero attached hydrogens (tertiary/aromatic N) is 1. The molecule has 0 fully saturated rings. The van der Waals surface area contributed by atoms with Gasteiger partial charge in [0.25, 0.3) is 5.91 Å². The Bertz CT molecular complexity index is 649. The van der Waals surface area contributed by atoms with Crippen LogP contribution < -0.4 is 5.32 Å². The van der Waals surface area contributed by atoms with Gasteiger partial charge >= 0.3 is 0 Å². The molecule has 1 rings (SSSR count). The highest BCUT2D eigenvalue weighted by Gasteiger charge is 2.17. The number of sulfone groups is 1. The molecule has 1 N–H and O–H groups in total. The van der Waals surface area contributed by atoms with E-state index in [1.165, 1.54) is 18.2 Å². The molecule has 0 atom stereocenters. The van der Waals surface area contributed by atoms with Gasteiger partial charge in [0.2, 0.25) is 0 Å². The smallest absolute Gasteiger partial charge is 0.252 e. The first kappa shape index (κ1) is 19.9. The Kier molecular flexibility index (Phi) is 7.04. The largest absolute Gasteiger partial charge is 0.351 e. The predicted octanol–water partition coefficient (Wildman–Crippen LogP) is 2.59. The maximum absolute atomic E-state index is 12.3. The van der Waals surface area contributed by atoms with E-state index in [1.54, 1.807) is 0 Å². The summed E-state index contributed by atoms with van der Waals surface area (Å²) in [4.78, 5) is 14.6. The molecule has 0 aliphatic rings. The lowest BCUT2D eigenvalue weighted by Gasteiger charge is -2.30. The third kappa shape index (κ3) is 5.79. The first-order chi connectivity index (χ1) is 10.5. The molecule has 0 aromatic heterocycles. The molecular weight excluding hydrogens is 336 g/mol. The van der Waals surface area contributed by atoms with Gasteiger partial charge in [0.05, 0.1) is 15.5 Å². The lowest BCUT2D eigenvalue weighted by molar-refractivity contribution is 0.0939. The Morgan fingerprint density at radius 3 is 2.26 bits per heavy atom. The monoisotopic (exact) mass is 360 g/mol. The molecule has 7 heteroatoms. The Hall–Kier alpha value is -1.11. The number of nitrogens with one attached hydrogen (secondary N) is 1. The Morgan fingerprint density at radius 1 is 1.22 bits per heavy atom. The second-order valence-electron chi connectivity index (χ2n) is 6.10. The molecule has 1 aromatic rings. The quantitative estimate of drug-likeness (QED) is 0.811. The third-order valence-electron chi connectivity index (χ3n) is 3.59. The second-order valence-corrected chi connectivity index (χ2v) is 8.52. The van der Waals surface area contributed by atoms with Crippen LogP contribution in [0.15, 0.2) is 23.1 Å². The highest BCUT2D eigenvalue weighted by Crippen LogP contribution is 2.20. The van der Waals surface area contributed by atoms with Crippen molar-refractivity contribution in [3.63, 3.8) is 0 Å². The lowest BCUT2D eigenvalue weighted by atomic mass is 10.2. The summed E-state index contributed by atoms with van der Waals surface area (Å²) in [6, 6.07) is 4.90. The van der Waals surface area contributed by atoms with E-state index in [0.29, 0.717) is 25.2 Å². The van der Waals surface area contributed by atoms with Crippen LogP contribution in [0, 0.1) is 0 Å². The molecule has 23 heavy (non-hydrogen) atoms. The first-order valence-corrected chi connectivity index (χ1v) is 9.84. The molecule has 0 spiro atoms. The number of carbonyl (C=O) groups excluding carboxylic acids is 1. The molecule has 0 unspecified atom stereocenters. The van der Waals surface area contributed by atoms with Gasteiger partial charge in [-0.15, -0.1) is 0 Å². The van der Waals surface area contributed by atoms with E-state index in [1.807, 2.05) is 0 Å². The number of amides is 1. The highest BCUT2D eigenvalue weighted by molar-refractivity contribution is 7.90. The van der Waals surface area contributed by atoms with Crippen molar-refractivity contribution in [2.24, 2.45) is 0 Å². The summed E-state index contributed by atoms with van der Waals surface area (Å²) in [5.74, 6) is -0.368. The van der Waals surface area contributed by atoms with Crippen LogP contribution >= 0.6 is 11.6 Å². The van der Waals surface area contributed by atoms with Crippen LogP contribution in [-0.4, -0.2) is 50.7 Å². The normalized spacial score (nSPS) is 12.2. The maximum atomic E-state index is 12.3. The van der Waals surface area contributed by atoms with E-state index in [-0.39, 0.29) is 21.4 Å². The molecule has 0 aliphatic heterocycles. The number of halogens is 1. The minimum Gasteiger partial charge on any atom is -0.351 e. The summed E-state index contributed by atoms with van der Waals surface area (Å²) in [5, 5.41) is 3.03. The molecule has 0 aliphatic carbocycles. The minimum absolute atomic E-state index is 0.0815. The first-order valence-electron chi connectivity index (χ1n) is 7.57. The molecule has 130 valence electrons. The van der Waals surface area contributed by atoms with Crippen molar-refractivity contribution in [3.8, 4) is 0 Å². The van der Waals surface area contributed by atoms with Crippen molar-refractivity contribution in [2.75, 3.05) is 19.3 Å². The molecule has 0 saturated heterocycles. The van der Waals surface area contributed by atoms with Crippen LogP contribution in [0.3, 0.4) is 0 Å². The van der Waals surface area contributed by atoms with E-state index in [2.05, 4.69) is 37.9 Å². The number of benzene rings is 1. The van der Waals surface area contributed by atoms with Crippen LogP contribution in [0.5, 0.6) is 0 Å². The van der Waals surface area contributed by atoms with E-state index in [4.69, 9.17) is 11.6 Å². The summed E-state index contributed by atoms with van der Waals surface area (Å²) in [7, 11) is -3.38. The van der Waals surface area contributed by atoms with Crippen molar-refractivity contribution in [3.05, 3.63) is 28.8 Å². The highest BCUT2D eigenvalue weighted by atomic mass is 35.5. The average molecular weight is 361 g/mol. The topological polar surface area (TPSA) is 66.5 Å². The zero-order valence-electron chi connectivity index (χ0n) is 14.3. The van der Waals surface area contributed by atoms with Gasteiger partial charge < -0.3 is 5.32 Å². The van der Waals surface area contributed by atoms with Gasteiger partial charge in [-0.2, -0.15) is 0 Å². The number of rotatable bonds is 7. The SMILES string of the molecule is CC(C)N(CCNC(=O)c1cc(S(C)(=O)=O)ccc1Cl)C(C)C. The standard InChI is InChI=1S/C16H25ClN2O3S/c1-11(2)19(12(3)4)9-8-18-16(20)14-10-13(23(5,21)22)6-7-15(14)17/h6-7,10-12H,8-9H2,1-5H3,(H,18,20). The molecule has 0 saturated carbocycles. The Labute approximate surface area is 143 Å². The van der Waals surface area contributed by atoms with Gasteiger partial charge in [0.15, 0.2) is 9.84 Å². The van der Waals surface area contributed by atoms with Crippen molar-refractivity contribution < 1.29 is 13.2 Å². The lowest BCUT2D eigenvalue weighted by Crippen LogP contribution is -2.42. The molecule has 1 aromatic carbocycles. The summed E-state index contributed by atoms with van der Waals surface area (Å²) in [6.07, 6.45) is 1.10. The van der Waals surface area contributed by atoms with E-state index >= 15 is 0 Å². The average Bonchev–Trinajstić information content (AvgIpc) is 2.41. The van der Waals surface area contributed by atoms with Crippen LogP contribution in [0.2, 0.25) is 5.02 Å². The van der Waals surface area contributed by atoms with Crippen LogP contribution in [-0.2, 0) is 9.84 Å². The van der Waals surface area contributed by atoms with Gasteiger partial charge in [0.1, 0.15) is 0 Å². The zero-order chi connectivity index (χ0) is 17.8. The van der Waals surface area contributed by atoms with Gasteiger partial charge in [0, 0.05) is 31.4 Å². The minimum atomic E-state index is -3.38. The maximum Gasteiger partial charge on any atom is 0.252 e. The van der Waals surface area contributed by atoms with E-state index < -0.39 is 9.84 Å². The van der Waals surface area contributed by atoms with Crippen molar-refractivity contribution >= 4 is 27.3 Å². The summed E-state index contributed by atoms with van der Waals surface area (Å²) in [5.41, 5.74) is 0.176. The second kappa shape index (κ2) is 8.13. The molecule has 0 heterocycles. The fourth-order valence-electron chi connectivity index (χ4n) is 2.42. The van der Waals surface area contributed by atoms with Gasteiger partial charge in [-0.05, 0) is 45.9 Å². The molecule has 0 bridgehead atoms. The fraction of sp³-hybridized carbons (Fsp3) is 0.562. The van der Waals surface area contributed by atoms with Crippen molar-refractivity contribution in [2.45, 2.75) is 44.7 Å². The van der Waals surface area contributed by atoms with E-state index in [9.17, 15) is 13.2 Å². The van der Waals surface area contributed by atoms with E-state index in [0.717, 1.165) is 6.26 Å². The summed E-state index contributed by atoms with van der Waals surface area (Å²) in [6.45, 7) is 9.60. The molecule has 5 nitrogen and oxygen atoms in total. The number of hydrogen-bond donors (Lipinski definition) is 1. The zero-order valence-corrected chi connectivity index (χ0v) is 15.8. The fourth-order valence-corrected chi connectivity index (χ4v) is 3.27. The summed E-state index contributed by atoms with van der Waals surface area (Å²) >= 11 is 6.02. The molecule has 0 radical (unpaired) electrons.